The number of amides is 1. The number of hydrogen-bond donors (Lipinski definition) is 1. The van der Waals surface area contributed by atoms with Crippen LogP contribution in [0.1, 0.15) is 36.2 Å². The van der Waals surface area contributed by atoms with E-state index in [9.17, 15) is 4.79 Å². The topological polar surface area (TPSA) is 54.9 Å². The van der Waals surface area contributed by atoms with Crippen LogP contribution in [0.4, 0.5) is 0 Å². The first-order chi connectivity index (χ1) is 7.83. The molecular formula is C11H15N3OS. The molecule has 0 radical (unpaired) electrons. The molecule has 4 nitrogen and oxygen atoms in total. The first-order valence-electron chi connectivity index (χ1n) is 5.88. The smallest absolute Gasteiger partial charge is 0.272 e. The first-order valence-corrected chi connectivity index (χ1v) is 6.72. The lowest BCUT2D eigenvalue weighted by Gasteiger charge is -2.21. The standard InChI is InChI=1S/C11H15N3OS/c15-11(10-6-16-14-13-10)12-5-9-4-7-1-2-8(9)3-7/h6-9H,1-5H2,(H,12,15). The average Bonchev–Trinajstić information content (AvgIpc) is 3.01. The zero-order valence-electron chi connectivity index (χ0n) is 9.06. The van der Waals surface area contributed by atoms with Gasteiger partial charge in [0.05, 0.1) is 0 Å². The second kappa shape index (κ2) is 4.13. The van der Waals surface area contributed by atoms with Gasteiger partial charge >= 0.3 is 0 Å². The van der Waals surface area contributed by atoms with Crippen molar-refractivity contribution in [2.45, 2.75) is 25.7 Å². The highest BCUT2D eigenvalue weighted by molar-refractivity contribution is 7.03. The Labute approximate surface area is 98.6 Å². The van der Waals surface area contributed by atoms with Crippen LogP contribution in [-0.2, 0) is 0 Å². The monoisotopic (exact) mass is 237 g/mol. The average molecular weight is 237 g/mol. The molecule has 2 aliphatic carbocycles. The van der Waals surface area contributed by atoms with Gasteiger partial charge < -0.3 is 5.32 Å². The summed E-state index contributed by atoms with van der Waals surface area (Å²) in [5.41, 5.74) is 0.452. The van der Waals surface area contributed by atoms with E-state index in [2.05, 4.69) is 14.9 Å². The molecule has 1 aromatic rings. The van der Waals surface area contributed by atoms with Crippen LogP contribution in [0.3, 0.4) is 0 Å². The summed E-state index contributed by atoms with van der Waals surface area (Å²) in [6, 6.07) is 0. The number of aromatic nitrogens is 2. The van der Waals surface area contributed by atoms with Crippen LogP contribution in [0.5, 0.6) is 0 Å². The van der Waals surface area contributed by atoms with Crippen molar-refractivity contribution in [3.63, 3.8) is 0 Å². The molecule has 5 heteroatoms. The summed E-state index contributed by atoms with van der Waals surface area (Å²) >= 11 is 1.22. The van der Waals surface area contributed by atoms with Gasteiger partial charge in [0, 0.05) is 11.9 Å². The molecule has 1 N–H and O–H groups in total. The summed E-state index contributed by atoms with van der Waals surface area (Å²) < 4.78 is 3.69. The molecule has 1 heterocycles. The molecule has 0 saturated heterocycles. The minimum absolute atomic E-state index is 0.0727. The molecular weight excluding hydrogens is 222 g/mol. The Kier molecular flexibility index (Phi) is 2.63. The number of hydrogen-bond acceptors (Lipinski definition) is 4. The zero-order chi connectivity index (χ0) is 11.0. The van der Waals surface area contributed by atoms with Crippen LogP contribution in [0.25, 0.3) is 0 Å². The molecule has 0 spiro atoms. The number of fused-ring (bicyclic) bond motifs is 2. The van der Waals surface area contributed by atoms with Crippen LogP contribution in [-0.4, -0.2) is 22.0 Å². The van der Waals surface area contributed by atoms with Crippen LogP contribution in [0, 0.1) is 17.8 Å². The van der Waals surface area contributed by atoms with E-state index in [4.69, 9.17) is 0 Å². The van der Waals surface area contributed by atoms with Crippen molar-refractivity contribution in [2.75, 3.05) is 6.54 Å². The molecule has 16 heavy (non-hydrogen) atoms. The van der Waals surface area contributed by atoms with Gasteiger partial charge in [-0.25, -0.2) is 0 Å². The Morgan fingerprint density at radius 1 is 1.50 bits per heavy atom. The molecule has 2 aliphatic rings. The second-order valence-corrected chi connectivity index (χ2v) is 5.54. The van der Waals surface area contributed by atoms with Gasteiger partial charge in [-0.05, 0) is 48.5 Å². The van der Waals surface area contributed by atoms with Gasteiger partial charge in [0.1, 0.15) is 0 Å². The lowest BCUT2D eigenvalue weighted by atomic mass is 9.89. The zero-order valence-corrected chi connectivity index (χ0v) is 9.87. The fourth-order valence-electron chi connectivity index (χ4n) is 3.20. The highest BCUT2D eigenvalue weighted by Gasteiger charge is 2.39. The van der Waals surface area contributed by atoms with E-state index in [0.717, 1.165) is 18.4 Å². The van der Waals surface area contributed by atoms with E-state index in [1.54, 1.807) is 5.38 Å². The maximum Gasteiger partial charge on any atom is 0.272 e. The van der Waals surface area contributed by atoms with Crippen molar-refractivity contribution < 1.29 is 4.79 Å². The Morgan fingerprint density at radius 2 is 2.44 bits per heavy atom. The minimum atomic E-state index is -0.0727. The third kappa shape index (κ3) is 1.84. The van der Waals surface area contributed by atoms with Gasteiger partial charge in [-0.3, -0.25) is 4.79 Å². The Bertz CT molecular complexity index is 379. The fourth-order valence-corrected chi connectivity index (χ4v) is 3.64. The maximum absolute atomic E-state index is 11.7. The Morgan fingerprint density at radius 3 is 3.06 bits per heavy atom. The summed E-state index contributed by atoms with van der Waals surface area (Å²) in [4.78, 5) is 11.7. The molecule has 3 rings (SSSR count). The molecule has 3 atom stereocenters. The predicted molar refractivity (Wildman–Crippen MR) is 61.2 cm³/mol. The number of nitrogens with one attached hydrogen (secondary N) is 1. The van der Waals surface area contributed by atoms with Crippen molar-refractivity contribution >= 4 is 17.4 Å². The fraction of sp³-hybridized carbons (Fsp3) is 0.727. The van der Waals surface area contributed by atoms with Crippen molar-refractivity contribution in [3.8, 4) is 0 Å². The molecule has 2 fully saturated rings. The molecule has 2 saturated carbocycles. The van der Waals surface area contributed by atoms with Gasteiger partial charge in [-0.2, -0.15) is 0 Å². The van der Waals surface area contributed by atoms with Crippen LogP contribution >= 0.6 is 11.5 Å². The molecule has 3 unspecified atom stereocenters. The van der Waals surface area contributed by atoms with E-state index in [1.165, 1.54) is 37.2 Å². The van der Waals surface area contributed by atoms with Crippen molar-refractivity contribution in [1.82, 2.24) is 14.9 Å². The lowest BCUT2D eigenvalue weighted by Crippen LogP contribution is -2.31. The minimum Gasteiger partial charge on any atom is -0.350 e. The molecule has 0 aliphatic heterocycles. The predicted octanol–water partition coefficient (Wildman–Crippen LogP) is 1.70. The molecule has 2 bridgehead atoms. The van der Waals surface area contributed by atoms with Gasteiger partial charge in [-0.15, -0.1) is 5.10 Å². The van der Waals surface area contributed by atoms with E-state index in [-0.39, 0.29) is 5.91 Å². The largest absolute Gasteiger partial charge is 0.350 e. The van der Waals surface area contributed by atoms with E-state index < -0.39 is 0 Å². The number of carbonyl (C=O) groups is 1. The normalized spacial score (nSPS) is 31.9. The van der Waals surface area contributed by atoms with Crippen LogP contribution in [0.15, 0.2) is 5.38 Å². The van der Waals surface area contributed by atoms with Crippen molar-refractivity contribution in [2.24, 2.45) is 17.8 Å². The highest BCUT2D eigenvalue weighted by Crippen LogP contribution is 2.47. The van der Waals surface area contributed by atoms with E-state index >= 15 is 0 Å². The van der Waals surface area contributed by atoms with Gasteiger partial charge in [-0.1, -0.05) is 10.9 Å². The quantitative estimate of drug-likeness (QED) is 0.870. The van der Waals surface area contributed by atoms with Gasteiger partial charge in [0.25, 0.3) is 5.91 Å². The van der Waals surface area contributed by atoms with Crippen molar-refractivity contribution in [1.29, 1.82) is 0 Å². The SMILES string of the molecule is O=C(NCC1CC2CCC1C2)c1csnn1. The first kappa shape index (κ1) is 10.2. The second-order valence-electron chi connectivity index (χ2n) is 4.94. The van der Waals surface area contributed by atoms with Crippen LogP contribution in [0.2, 0.25) is 0 Å². The third-order valence-corrected chi connectivity index (χ3v) is 4.51. The maximum atomic E-state index is 11.7. The van der Waals surface area contributed by atoms with Crippen molar-refractivity contribution in [3.05, 3.63) is 11.1 Å². The lowest BCUT2D eigenvalue weighted by molar-refractivity contribution is 0.0937. The summed E-state index contributed by atoms with van der Waals surface area (Å²) in [6.45, 7) is 0.817. The van der Waals surface area contributed by atoms with Gasteiger partial charge in [0.2, 0.25) is 0 Å². The summed E-state index contributed by atoms with van der Waals surface area (Å²) in [7, 11) is 0. The third-order valence-electron chi connectivity index (χ3n) is 4.00. The van der Waals surface area contributed by atoms with E-state index in [1.807, 2.05) is 0 Å². The summed E-state index contributed by atoms with van der Waals surface area (Å²) in [5, 5.41) is 8.43. The highest BCUT2D eigenvalue weighted by atomic mass is 32.1. The number of nitrogens with zero attached hydrogens (tertiary/aromatic N) is 2. The van der Waals surface area contributed by atoms with E-state index in [0.29, 0.717) is 11.6 Å². The summed E-state index contributed by atoms with van der Waals surface area (Å²) in [5.74, 6) is 2.43. The molecule has 86 valence electrons. The Balaban J connectivity index is 1.52. The number of rotatable bonds is 3. The molecule has 0 aromatic carbocycles. The molecule has 1 aromatic heterocycles. The Hall–Kier alpha value is -0.970. The summed E-state index contributed by atoms with van der Waals surface area (Å²) in [6.07, 6.45) is 5.47. The van der Waals surface area contributed by atoms with Gasteiger partial charge in [0.15, 0.2) is 5.69 Å². The number of carbonyl (C=O) groups excluding carboxylic acids is 1. The van der Waals surface area contributed by atoms with Crippen LogP contribution < -0.4 is 5.32 Å². The molecule has 1 amide bonds.